The van der Waals surface area contributed by atoms with E-state index in [1.54, 1.807) is 50.1 Å². The van der Waals surface area contributed by atoms with Crippen LogP contribution in [0.1, 0.15) is 37.3 Å². The molecule has 7 nitrogen and oxygen atoms in total. The van der Waals surface area contributed by atoms with Crippen LogP contribution in [0, 0.1) is 0 Å². The van der Waals surface area contributed by atoms with Gasteiger partial charge < -0.3 is 20.1 Å². The lowest BCUT2D eigenvalue weighted by atomic mass is 9.80. The maximum atomic E-state index is 14.6. The number of carbonyl (C=O) groups is 2. The van der Waals surface area contributed by atoms with Gasteiger partial charge in [-0.1, -0.05) is 42.5 Å². The van der Waals surface area contributed by atoms with Gasteiger partial charge in [0.2, 0.25) is 5.60 Å². The van der Waals surface area contributed by atoms with Crippen LogP contribution < -0.4 is 10.6 Å². The molecule has 2 N–H and O–H groups in total. The summed E-state index contributed by atoms with van der Waals surface area (Å²) in [6.07, 6.45) is -5.20. The average molecular weight is 544 g/mol. The number of benzene rings is 2. The van der Waals surface area contributed by atoms with Crippen LogP contribution in [-0.4, -0.2) is 55.9 Å². The quantitative estimate of drug-likeness (QED) is 0.482. The lowest BCUT2D eigenvalue weighted by Gasteiger charge is -2.35. The van der Waals surface area contributed by atoms with Crippen molar-refractivity contribution < 1.29 is 32.2 Å². The minimum atomic E-state index is -4.80. The Morgan fingerprint density at radius 2 is 1.72 bits per heavy atom. The number of hydrogen-bond donors (Lipinski definition) is 2. The first kappa shape index (κ1) is 28.2. The molecule has 1 saturated heterocycles. The van der Waals surface area contributed by atoms with Crippen molar-refractivity contribution in [2.24, 2.45) is 0 Å². The van der Waals surface area contributed by atoms with E-state index in [2.05, 4.69) is 10.6 Å². The molecule has 0 aliphatic carbocycles. The third-order valence-corrected chi connectivity index (χ3v) is 7.26. The Balaban J connectivity index is 1.71. The molecule has 10 heteroatoms. The Bertz CT molecular complexity index is 1310. The van der Waals surface area contributed by atoms with Gasteiger partial charge >= 0.3 is 18.1 Å². The molecule has 208 valence electrons. The number of anilines is 1. The first-order chi connectivity index (χ1) is 18.5. The van der Waals surface area contributed by atoms with E-state index in [-0.39, 0.29) is 17.7 Å². The van der Waals surface area contributed by atoms with E-state index >= 15 is 0 Å². The lowest BCUT2D eigenvalue weighted by molar-refractivity contribution is -0.263. The highest BCUT2D eigenvalue weighted by molar-refractivity contribution is 6.00. The first-order valence-electron chi connectivity index (χ1n) is 12.6. The van der Waals surface area contributed by atoms with Crippen molar-refractivity contribution in [2.45, 2.75) is 44.5 Å². The van der Waals surface area contributed by atoms with Crippen LogP contribution in [0.2, 0.25) is 0 Å². The number of dihydropyridines is 1. The molecule has 2 heterocycles. The number of hydrogen-bond acceptors (Lipinski definition) is 7. The number of ether oxygens (including phenoxy) is 2. The number of likely N-dealkylation sites (tertiary alicyclic amines) is 1. The van der Waals surface area contributed by atoms with Crippen LogP contribution in [-0.2, 0) is 25.6 Å². The van der Waals surface area contributed by atoms with E-state index in [9.17, 15) is 22.8 Å². The Morgan fingerprint density at radius 3 is 2.33 bits per heavy atom. The second kappa shape index (κ2) is 11.1. The summed E-state index contributed by atoms with van der Waals surface area (Å²) < 4.78 is 54.1. The summed E-state index contributed by atoms with van der Waals surface area (Å²) in [4.78, 5) is 28.3. The second-order valence-electron chi connectivity index (χ2n) is 9.83. The molecule has 2 aromatic rings. The van der Waals surface area contributed by atoms with Gasteiger partial charge in [0.25, 0.3) is 0 Å². The smallest absolute Gasteiger partial charge is 0.429 e. The molecule has 0 aromatic heterocycles. The SMILES string of the molecule is CNc1cccc(C2C(C(=O)OC)=C(C)NC(C)=C2C(=O)OC2(C(F)(F)F)CCN(Cc3ccccc3)C2)c1. The molecule has 2 aromatic carbocycles. The van der Waals surface area contributed by atoms with Crippen LogP contribution in [0.5, 0.6) is 0 Å². The second-order valence-corrected chi connectivity index (χ2v) is 9.83. The van der Waals surface area contributed by atoms with Crippen LogP contribution in [0.3, 0.4) is 0 Å². The zero-order valence-corrected chi connectivity index (χ0v) is 22.3. The molecule has 4 rings (SSSR count). The summed E-state index contributed by atoms with van der Waals surface area (Å²) in [6.45, 7) is 3.16. The minimum Gasteiger partial charge on any atom is -0.466 e. The summed E-state index contributed by atoms with van der Waals surface area (Å²) in [5.74, 6) is -2.82. The fourth-order valence-corrected chi connectivity index (χ4v) is 5.29. The van der Waals surface area contributed by atoms with E-state index in [0.717, 1.165) is 5.56 Å². The average Bonchev–Trinajstić information content (AvgIpc) is 3.31. The molecule has 0 radical (unpaired) electrons. The number of nitrogens with zero attached hydrogens (tertiary/aromatic N) is 1. The monoisotopic (exact) mass is 543 g/mol. The highest BCUT2D eigenvalue weighted by Crippen LogP contribution is 2.45. The highest BCUT2D eigenvalue weighted by Gasteiger charge is 2.62. The Morgan fingerprint density at radius 1 is 1.05 bits per heavy atom. The number of methoxy groups -OCH3 is 1. The molecule has 0 saturated carbocycles. The Labute approximate surface area is 225 Å². The summed E-state index contributed by atoms with van der Waals surface area (Å²) >= 11 is 0. The zero-order chi connectivity index (χ0) is 28.4. The van der Waals surface area contributed by atoms with Crippen molar-refractivity contribution >= 4 is 17.6 Å². The van der Waals surface area contributed by atoms with Gasteiger partial charge in [0.1, 0.15) is 0 Å². The fourth-order valence-electron chi connectivity index (χ4n) is 5.29. The van der Waals surface area contributed by atoms with Crippen molar-refractivity contribution in [1.82, 2.24) is 10.2 Å². The van der Waals surface area contributed by atoms with Crippen LogP contribution in [0.15, 0.2) is 77.1 Å². The number of carbonyl (C=O) groups excluding carboxylic acids is 2. The van der Waals surface area contributed by atoms with Crippen LogP contribution in [0.25, 0.3) is 0 Å². The number of allylic oxidation sites excluding steroid dienone is 2. The molecular weight excluding hydrogens is 511 g/mol. The van der Waals surface area contributed by atoms with Gasteiger partial charge in [-0.15, -0.1) is 0 Å². The van der Waals surface area contributed by atoms with Crippen LogP contribution >= 0.6 is 0 Å². The molecule has 0 spiro atoms. The normalized spacial score (nSPS) is 22.0. The summed E-state index contributed by atoms with van der Waals surface area (Å²) in [7, 11) is 2.93. The standard InChI is InChI=1S/C29H32F3N3O4/c1-18-23(26(36)38-4)25(21-11-8-12-22(15-21)33-3)24(19(2)34-18)27(37)39-28(29(30,31)32)13-14-35(17-28)16-20-9-6-5-7-10-20/h5-12,15,25,33-34H,13-14,16-17H2,1-4H3. The maximum Gasteiger partial charge on any atom is 0.429 e. The van der Waals surface area contributed by atoms with Gasteiger partial charge in [-0.25, -0.2) is 9.59 Å². The maximum absolute atomic E-state index is 14.6. The predicted molar refractivity (Wildman–Crippen MR) is 140 cm³/mol. The minimum absolute atomic E-state index is 0.0700. The Kier molecular flexibility index (Phi) is 8.06. The van der Waals surface area contributed by atoms with Gasteiger partial charge in [0.15, 0.2) is 0 Å². The van der Waals surface area contributed by atoms with Crippen molar-refractivity contribution in [2.75, 3.05) is 32.6 Å². The molecule has 0 amide bonds. The highest BCUT2D eigenvalue weighted by atomic mass is 19.4. The number of esters is 2. The largest absolute Gasteiger partial charge is 0.466 e. The van der Waals surface area contributed by atoms with Crippen molar-refractivity contribution in [3.8, 4) is 0 Å². The fraction of sp³-hybridized carbons (Fsp3) is 0.379. The van der Waals surface area contributed by atoms with Crippen LogP contribution in [0.4, 0.5) is 18.9 Å². The molecule has 2 aliphatic rings. The van der Waals surface area contributed by atoms with E-state index in [1.165, 1.54) is 7.11 Å². The summed E-state index contributed by atoms with van der Waals surface area (Å²) in [5, 5.41) is 5.98. The van der Waals surface area contributed by atoms with E-state index in [0.29, 0.717) is 29.2 Å². The number of halogens is 3. The molecular formula is C29H32F3N3O4. The number of alkyl halides is 3. The topological polar surface area (TPSA) is 79.9 Å². The predicted octanol–water partition coefficient (Wildman–Crippen LogP) is 4.89. The zero-order valence-electron chi connectivity index (χ0n) is 22.3. The van der Waals surface area contributed by atoms with E-state index in [4.69, 9.17) is 9.47 Å². The number of nitrogens with one attached hydrogen (secondary N) is 2. The van der Waals surface area contributed by atoms with Crippen molar-refractivity contribution in [3.05, 3.63) is 88.3 Å². The lowest BCUT2D eigenvalue weighted by Crippen LogP contribution is -2.51. The van der Waals surface area contributed by atoms with Gasteiger partial charge in [0.05, 0.1) is 24.2 Å². The number of rotatable bonds is 7. The summed E-state index contributed by atoms with van der Waals surface area (Å²) in [6, 6.07) is 16.2. The van der Waals surface area contributed by atoms with Gasteiger partial charge in [-0.05, 0) is 37.1 Å². The van der Waals surface area contributed by atoms with Gasteiger partial charge in [-0.2, -0.15) is 13.2 Å². The molecule has 2 unspecified atom stereocenters. The van der Waals surface area contributed by atoms with E-state index < -0.39 is 42.6 Å². The third kappa shape index (κ3) is 5.66. The Hall–Kier alpha value is -3.79. The van der Waals surface area contributed by atoms with Gasteiger partial charge in [-0.3, -0.25) is 4.90 Å². The molecule has 2 atom stereocenters. The van der Waals surface area contributed by atoms with Gasteiger partial charge in [0, 0.05) is 50.2 Å². The molecule has 39 heavy (non-hydrogen) atoms. The molecule has 2 aliphatic heterocycles. The molecule has 1 fully saturated rings. The van der Waals surface area contributed by atoms with E-state index in [1.807, 2.05) is 30.3 Å². The van der Waals surface area contributed by atoms with Crippen molar-refractivity contribution in [1.29, 1.82) is 0 Å². The first-order valence-corrected chi connectivity index (χ1v) is 12.6. The summed E-state index contributed by atoms with van der Waals surface area (Å²) in [5.41, 5.74) is 0.221. The van der Waals surface area contributed by atoms with Crippen molar-refractivity contribution in [3.63, 3.8) is 0 Å². The molecule has 0 bridgehead atoms. The third-order valence-electron chi connectivity index (χ3n) is 7.26.